The van der Waals surface area contributed by atoms with Gasteiger partial charge >= 0.3 is 41.8 Å². The van der Waals surface area contributed by atoms with Crippen molar-refractivity contribution in [2.24, 2.45) is 0 Å². The first-order valence-electron chi connectivity index (χ1n) is 28.3. The Bertz CT molecular complexity index is 3720. The van der Waals surface area contributed by atoms with Crippen molar-refractivity contribution < 1.29 is 117 Å². The number of thiol groups is 2. The minimum absolute atomic E-state index is 0.0112. The number of carbonyl (C=O) groups excluding carboxylic acids is 8. The van der Waals surface area contributed by atoms with Gasteiger partial charge in [-0.15, -0.1) is 25.3 Å². The fourth-order valence-corrected chi connectivity index (χ4v) is 6.60. The summed E-state index contributed by atoms with van der Waals surface area (Å²) in [6, 6.07) is 24.8. The lowest BCUT2D eigenvalue weighted by Crippen LogP contribution is -2.15. The van der Waals surface area contributed by atoms with Gasteiger partial charge in [0.2, 0.25) is 0 Å². The summed E-state index contributed by atoms with van der Waals surface area (Å²) in [7, 11) is 0. The predicted octanol–water partition coefficient (Wildman–Crippen LogP) is 10.2. The highest BCUT2D eigenvalue weighted by atomic mass is 32.1. The molecule has 0 bridgehead atoms. The Morgan fingerprint density at radius 1 is 0.347 bits per heavy atom. The molecular weight excluding hydrogens is 1320 g/mol. The monoisotopic (exact) mass is 1390 g/mol. The minimum Gasteiger partial charge on any atom is -0.504 e. The Kier molecular flexibility index (Phi) is 36.6. The summed E-state index contributed by atoms with van der Waals surface area (Å²) in [6.45, 7) is 29.7. The fourth-order valence-electron chi connectivity index (χ4n) is 6.22. The lowest BCUT2D eigenvalue weighted by atomic mass is 10.1. The highest BCUT2D eigenvalue weighted by Gasteiger charge is 2.15. The van der Waals surface area contributed by atoms with Crippen LogP contribution in [0.5, 0.6) is 51.7 Å². The SMILES string of the molecule is C=C(C)C(=O)OCC(=O)Cc1ccc(O)c(O)c1.C=C(C)C(=O)OCCOC(=O)c1ccc(O)c(O)c1.C=C(C)C(=O)OCc1cc(O)c(O)c(O)c1.C=C(C)C(=O)OCc1ccc(N)c(N)c1.C=C(C)C(=O)OCc1ccc(O)c(O)c1.C=C(C)C(=O)OCc1ccc(S)c(S)c1. The maximum Gasteiger partial charge on any atom is 0.338 e. The molecule has 0 aliphatic heterocycles. The number of phenolic OH excluding ortho intramolecular Hbond substituents is 9. The fraction of sp³-hybridized carbons (Fsp3) is 0.200. The molecule has 26 nitrogen and oxygen atoms in total. The number of nitrogens with two attached hydrogens (primary N) is 2. The first kappa shape index (κ1) is 84.2. The minimum atomic E-state index is -0.693. The molecule has 0 saturated carbocycles. The number of carbonyl (C=O) groups is 8. The normalized spacial score (nSPS) is 9.76. The van der Waals surface area contributed by atoms with E-state index in [2.05, 4.69) is 64.7 Å². The average Bonchev–Trinajstić information content (AvgIpc) is 0.915. The van der Waals surface area contributed by atoms with E-state index < -0.39 is 58.8 Å². The predicted molar refractivity (Wildman–Crippen MR) is 366 cm³/mol. The van der Waals surface area contributed by atoms with Crippen LogP contribution in [-0.4, -0.2) is 113 Å². The average molecular weight is 1400 g/mol. The van der Waals surface area contributed by atoms with Gasteiger partial charge in [-0.2, -0.15) is 0 Å². The van der Waals surface area contributed by atoms with Gasteiger partial charge in [-0.25, -0.2) is 33.6 Å². The number of rotatable bonds is 22. The molecule has 0 aliphatic rings. The summed E-state index contributed by atoms with van der Waals surface area (Å²) in [4.78, 5) is 90.9. The summed E-state index contributed by atoms with van der Waals surface area (Å²) in [5, 5.41) is 82.3. The van der Waals surface area contributed by atoms with Gasteiger partial charge in [0.25, 0.3) is 0 Å². The summed E-state index contributed by atoms with van der Waals surface area (Å²) in [5.41, 5.74) is 17.2. The second kappa shape index (κ2) is 42.5. The van der Waals surface area contributed by atoms with Crippen molar-refractivity contribution in [1.82, 2.24) is 0 Å². The second-order valence-corrected chi connectivity index (χ2v) is 21.6. The van der Waals surface area contributed by atoms with Gasteiger partial charge in [0.15, 0.2) is 64.1 Å². The number of nitrogen functional groups attached to an aromatic ring is 2. The maximum atomic E-state index is 11.5. The van der Waals surface area contributed by atoms with Crippen molar-refractivity contribution in [3.63, 3.8) is 0 Å². The number of phenols is 9. The smallest absolute Gasteiger partial charge is 0.338 e. The van der Waals surface area contributed by atoms with E-state index in [-0.39, 0.29) is 115 Å². The van der Waals surface area contributed by atoms with Crippen molar-refractivity contribution in [3.8, 4) is 51.7 Å². The maximum absolute atomic E-state index is 11.5. The van der Waals surface area contributed by atoms with Crippen LogP contribution in [0.2, 0.25) is 0 Å². The Balaban J connectivity index is 0.000000589. The molecule has 6 rings (SSSR count). The molecule has 0 spiro atoms. The standard InChI is InChI=1S/C13H14O6.C13H14O5.C11H14N2O2.C11H12O5.C11H12O4.C11H12O2S2/c1-8(2)12(16)18-5-6-19-13(17)9-3-4-10(14)11(15)7-9;1-8(2)13(17)18-7-10(14)5-9-3-4-11(15)12(16)6-9;1-7(2)11(14)15-6-8-3-4-9(12)10(13)5-8;1-6(2)11(15)16-5-7-3-8(12)10(14)9(13)4-7;1-7(2)11(14)15-6-8-3-4-9(12)10(13)5-8;1-7(2)11(12)13-6-8-3-4-9(14)10(15)5-8/h3-4,7,14-15H,1,5-6H2,2H3;3-4,6,15-16H,1,5,7H2,2H3;3-5H,1,6,12-13H2,2H3;3-4,12-14H,1,5H2,2H3;3-5,12-13H,1,6H2,2H3;3-5,14-15H,1,6H2,2H3. The highest BCUT2D eigenvalue weighted by Crippen LogP contribution is 2.36. The molecule has 6 aromatic carbocycles. The number of hydrogen-bond donors (Lipinski definition) is 13. The molecule has 28 heteroatoms. The Labute approximate surface area is 575 Å². The van der Waals surface area contributed by atoms with E-state index in [1.54, 1.807) is 45.0 Å². The number of esters is 7. The Hall–Kier alpha value is -11.8. The number of ether oxygens (including phenoxy) is 7. The molecule has 0 heterocycles. The summed E-state index contributed by atoms with van der Waals surface area (Å²) in [5.74, 6) is -7.28. The Morgan fingerprint density at radius 2 is 0.684 bits per heavy atom. The lowest BCUT2D eigenvalue weighted by molar-refractivity contribution is -0.144. The van der Waals surface area contributed by atoms with Crippen LogP contribution in [0.3, 0.4) is 0 Å². The van der Waals surface area contributed by atoms with E-state index >= 15 is 0 Å². The van der Waals surface area contributed by atoms with E-state index in [0.717, 1.165) is 27.0 Å². The number of aromatic hydroxyl groups is 9. The third kappa shape index (κ3) is 32.9. The van der Waals surface area contributed by atoms with Crippen LogP contribution in [0.4, 0.5) is 11.4 Å². The largest absolute Gasteiger partial charge is 0.504 e. The van der Waals surface area contributed by atoms with E-state index in [1.165, 1.54) is 75.4 Å². The molecule has 0 aliphatic carbocycles. The van der Waals surface area contributed by atoms with Gasteiger partial charge in [0.1, 0.15) is 39.6 Å². The van der Waals surface area contributed by atoms with Crippen LogP contribution in [0.25, 0.3) is 0 Å². The van der Waals surface area contributed by atoms with Gasteiger partial charge in [0.05, 0.1) is 16.9 Å². The summed E-state index contributed by atoms with van der Waals surface area (Å²) in [6.07, 6.45) is 0.0112. The topological polar surface area (TPSA) is 435 Å². The van der Waals surface area contributed by atoms with E-state index in [9.17, 15) is 58.8 Å². The molecule has 0 aromatic heterocycles. The molecular formula is C70H78N2O24S2. The van der Waals surface area contributed by atoms with Gasteiger partial charge in [-0.1, -0.05) is 63.7 Å². The number of Topliss-reactive ketones (excluding diaryl/α,β-unsaturated/α-hetero) is 1. The molecule has 0 unspecified atom stereocenters. The molecule has 524 valence electrons. The number of ketones is 1. The first-order chi connectivity index (χ1) is 45.7. The third-order valence-electron chi connectivity index (χ3n) is 11.5. The van der Waals surface area contributed by atoms with Crippen LogP contribution < -0.4 is 11.5 Å². The summed E-state index contributed by atoms with van der Waals surface area (Å²) < 4.78 is 33.8. The van der Waals surface area contributed by atoms with E-state index in [0.29, 0.717) is 44.8 Å². The first-order valence-corrected chi connectivity index (χ1v) is 29.2. The third-order valence-corrected chi connectivity index (χ3v) is 12.4. The zero-order chi connectivity index (χ0) is 74.7. The van der Waals surface area contributed by atoms with E-state index in [1.807, 2.05) is 18.2 Å². The summed E-state index contributed by atoms with van der Waals surface area (Å²) >= 11 is 8.41. The zero-order valence-electron chi connectivity index (χ0n) is 54.4. The molecule has 0 fully saturated rings. The van der Waals surface area contributed by atoms with Crippen LogP contribution in [-0.2, 0) is 99.6 Å². The van der Waals surface area contributed by atoms with Crippen molar-refractivity contribution in [2.75, 3.05) is 31.3 Å². The van der Waals surface area contributed by atoms with Crippen molar-refractivity contribution in [3.05, 3.63) is 209 Å². The lowest BCUT2D eigenvalue weighted by Gasteiger charge is -2.07. The van der Waals surface area contributed by atoms with Crippen LogP contribution in [0.1, 0.15) is 79.7 Å². The molecule has 0 radical (unpaired) electrons. The highest BCUT2D eigenvalue weighted by molar-refractivity contribution is 7.83. The van der Waals surface area contributed by atoms with Crippen molar-refractivity contribution in [2.45, 2.75) is 84.2 Å². The van der Waals surface area contributed by atoms with Gasteiger partial charge in [-0.3, -0.25) is 4.79 Å². The number of hydrogen-bond acceptors (Lipinski definition) is 28. The van der Waals surface area contributed by atoms with Crippen molar-refractivity contribution >= 4 is 84.2 Å². The van der Waals surface area contributed by atoms with Gasteiger partial charge in [-0.05, 0) is 148 Å². The zero-order valence-corrected chi connectivity index (χ0v) is 56.2. The second-order valence-electron chi connectivity index (χ2n) is 20.7. The molecule has 6 aromatic rings. The number of anilines is 2. The molecule has 98 heavy (non-hydrogen) atoms. The Morgan fingerprint density at radius 3 is 1.10 bits per heavy atom. The molecule has 0 amide bonds. The quantitative estimate of drug-likeness (QED) is 0.00571. The van der Waals surface area contributed by atoms with Crippen LogP contribution in [0.15, 0.2) is 186 Å². The van der Waals surface area contributed by atoms with E-state index in [4.69, 9.17) is 70.2 Å². The van der Waals surface area contributed by atoms with Gasteiger partial charge in [0, 0.05) is 49.7 Å². The van der Waals surface area contributed by atoms with Crippen molar-refractivity contribution in [1.29, 1.82) is 0 Å². The molecule has 0 atom stereocenters. The van der Waals surface area contributed by atoms with Crippen LogP contribution >= 0.6 is 25.3 Å². The molecule has 13 N–H and O–H groups in total. The van der Waals surface area contributed by atoms with Gasteiger partial charge < -0.3 is 90.6 Å². The van der Waals surface area contributed by atoms with Crippen LogP contribution in [0, 0.1) is 0 Å². The number of benzene rings is 6. The molecule has 0 saturated heterocycles.